The second kappa shape index (κ2) is 13.5. The van der Waals surface area contributed by atoms with Crippen LogP contribution in [0.15, 0.2) is 25.3 Å². The molecule has 0 aliphatic carbocycles. The number of ether oxygens (including phenoxy) is 2. The Labute approximate surface area is 93.8 Å². The molecule has 0 rings (SSSR count). The average Bonchev–Trinajstić information content (AvgIpc) is 2.30. The third kappa shape index (κ3) is 15.0. The van der Waals surface area contributed by atoms with Crippen LogP contribution < -0.4 is 0 Å². The van der Waals surface area contributed by atoms with Gasteiger partial charge in [0, 0.05) is 12.2 Å². The fourth-order valence-electron chi connectivity index (χ4n) is 0.414. The van der Waals surface area contributed by atoms with Crippen molar-refractivity contribution in [3.8, 4) is 0 Å². The SMILES string of the molecule is C=CC(=O)OC(=O)C=C.OCCOCCO. The second-order valence-electron chi connectivity index (χ2n) is 2.21. The molecule has 0 fully saturated rings. The molecule has 0 bridgehead atoms. The minimum Gasteiger partial charge on any atom is -0.394 e. The smallest absolute Gasteiger partial charge is 0.338 e. The lowest BCUT2D eigenvalue weighted by Gasteiger charge is -1.94. The maximum absolute atomic E-state index is 10.2. The maximum atomic E-state index is 10.2. The molecule has 0 saturated carbocycles. The minimum atomic E-state index is -0.764. The van der Waals surface area contributed by atoms with E-state index in [-0.39, 0.29) is 13.2 Å². The van der Waals surface area contributed by atoms with Gasteiger partial charge in [-0.05, 0) is 0 Å². The van der Waals surface area contributed by atoms with E-state index in [1.807, 2.05) is 0 Å². The van der Waals surface area contributed by atoms with Crippen LogP contribution in [0.5, 0.6) is 0 Å². The van der Waals surface area contributed by atoms with Crippen LogP contribution in [-0.4, -0.2) is 48.6 Å². The van der Waals surface area contributed by atoms with Gasteiger partial charge in [-0.1, -0.05) is 13.2 Å². The number of carbonyl (C=O) groups is 2. The van der Waals surface area contributed by atoms with Crippen molar-refractivity contribution in [2.75, 3.05) is 26.4 Å². The molecule has 2 N–H and O–H groups in total. The summed E-state index contributed by atoms with van der Waals surface area (Å²) < 4.78 is 8.67. The van der Waals surface area contributed by atoms with Gasteiger partial charge in [0.2, 0.25) is 0 Å². The Morgan fingerprint density at radius 1 is 1.00 bits per heavy atom. The Bertz CT molecular complexity index is 201. The normalized spacial score (nSPS) is 8.38. The molecule has 0 aromatic carbocycles. The Hall–Kier alpha value is -1.50. The highest BCUT2D eigenvalue weighted by Gasteiger charge is 1.99. The first-order valence-corrected chi connectivity index (χ1v) is 4.42. The summed E-state index contributed by atoms with van der Waals surface area (Å²) in [6, 6.07) is 0. The first-order valence-electron chi connectivity index (χ1n) is 4.42. The number of rotatable bonds is 6. The van der Waals surface area contributed by atoms with Gasteiger partial charge >= 0.3 is 11.9 Å². The molecule has 0 heterocycles. The number of aliphatic hydroxyl groups excluding tert-OH is 2. The van der Waals surface area contributed by atoms with Gasteiger partial charge in [-0.25, -0.2) is 9.59 Å². The molecule has 0 aliphatic heterocycles. The van der Waals surface area contributed by atoms with E-state index in [0.717, 1.165) is 12.2 Å². The van der Waals surface area contributed by atoms with Crippen LogP contribution in [0, 0.1) is 0 Å². The van der Waals surface area contributed by atoms with Gasteiger partial charge in [-0.2, -0.15) is 0 Å². The summed E-state index contributed by atoms with van der Waals surface area (Å²) in [6.45, 7) is 6.87. The number of hydrogen-bond donors (Lipinski definition) is 2. The van der Waals surface area contributed by atoms with Crippen molar-refractivity contribution >= 4 is 11.9 Å². The van der Waals surface area contributed by atoms with Gasteiger partial charge < -0.3 is 19.7 Å². The molecule has 6 nitrogen and oxygen atoms in total. The van der Waals surface area contributed by atoms with Crippen LogP contribution >= 0.6 is 0 Å². The van der Waals surface area contributed by atoms with Crippen molar-refractivity contribution in [3.05, 3.63) is 25.3 Å². The first-order chi connectivity index (χ1) is 7.62. The number of esters is 2. The van der Waals surface area contributed by atoms with Crippen LogP contribution in [0.4, 0.5) is 0 Å². The summed E-state index contributed by atoms with van der Waals surface area (Å²) >= 11 is 0. The average molecular weight is 232 g/mol. The summed E-state index contributed by atoms with van der Waals surface area (Å²) in [4.78, 5) is 20.3. The second-order valence-corrected chi connectivity index (χ2v) is 2.21. The van der Waals surface area contributed by atoms with Crippen molar-refractivity contribution in [2.45, 2.75) is 0 Å². The Morgan fingerprint density at radius 3 is 1.62 bits per heavy atom. The summed E-state index contributed by atoms with van der Waals surface area (Å²) in [5, 5.41) is 16.2. The Morgan fingerprint density at radius 2 is 1.38 bits per heavy atom. The molecular formula is C10H16O6. The molecule has 0 unspecified atom stereocenters. The summed E-state index contributed by atoms with van der Waals surface area (Å²) in [5.41, 5.74) is 0. The predicted molar refractivity (Wildman–Crippen MR) is 56.5 cm³/mol. The largest absolute Gasteiger partial charge is 0.394 e. The van der Waals surface area contributed by atoms with Gasteiger partial charge in [0.1, 0.15) is 0 Å². The van der Waals surface area contributed by atoms with E-state index in [4.69, 9.17) is 10.2 Å². The van der Waals surface area contributed by atoms with Gasteiger partial charge in [-0.3, -0.25) is 0 Å². The van der Waals surface area contributed by atoms with E-state index in [0.29, 0.717) is 13.2 Å². The maximum Gasteiger partial charge on any atom is 0.338 e. The fraction of sp³-hybridized carbons (Fsp3) is 0.400. The van der Waals surface area contributed by atoms with E-state index in [1.165, 1.54) is 0 Å². The fourth-order valence-corrected chi connectivity index (χ4v) is 0.414. The zero-order valence-corrected chi connectivity index (χ0v) is 8.92. The minimum absolute atomic E-state index is 0.0278. The lowest BCUT2D eigenvalue weighted by Crippen LogP contribution is -2.05. The number of hydrogen-bond acceptors (Lipinski definition) is 6. The molecule has 16 heavy (non-hydrogen) atoms. The van der Waals surface area contributed by atoms with Crippen molar-refractivity contribution in [3.63, 3.8) is 0 Å². The monoisotopic (exact) mass is 232 g/mol. The van der Waals surface area contributed by atoms with Crippen LogP contribution in [-0.2, 0) is 19.1 Å². The van der Waals surface area contributed by atoms with Crippen LogP contribution in [0.3, 0.4) is 0 Å². The molecule has 0 saturated heterocycles. The van der Waals surface area contributed by atoms with E-state index in [9.17, 15) is 9.59 Å². The third-order valence-electron chi connectivity index (χ3n) is 1.01. The van der Waals surface area contributed by atoms with E-state index < -0.39 is 11.9 Å². The topological polar surface area (TPSA) is 93.1 Å². The highest BCUT2D eigenvalue weighted by molar-refractivity contribution is 5.95. The van der Waals surface area contributed by atoms with Crippen molar-refractivity contribution in [2.24, 2.45) is 0 Å². The highest BCUT2D eigenvalue weighted by atomic mass is 16.6. The summed E-state index contributed by atoms with van der Waals surface area (Å²) in [5.74, 6) is -1.53. The van der Waals surface area contributed by atoms with E-state index in [1.54, 1.807) is 0 Å². The molecule has 0 aliphatic rings. The lowest BCUT2D eigenvalue weighted by molar-refractivity contribution is -0.152. The molecule has 0 atom stereocenters. The molecule has 6 heteroatoms. The summed E-state index contributed by atoms with van der Waals surface area (Å²) in [6.07, 6.45) is 1.81. The third-order valence-corrected chi connectivity index (χ3v) is 1.01. The number of aliphatic hydroxyl groups is 2. The van der Waals surface area contributed by atoms with E-state index >= 15 is 0 Å². The van der Waals surface area contributed by atoms with Crippen molar-refractivity contribution < 1.29 is 29.3 Å². The van der Waals surface area contributed by atoms with Crippen molar-refractivity contribution in [1.82, 2.24) is 0 Å². The van der Waals surface area contributed by atoms with Gasteiger partial charge in [0.15, 0.2) is 0 Å². The van der Waals surface area contributed by atoms with Gasteiger partial charge in [-0.15, -0.1) is 0 Å². The Kier molecular flexibility index (Phi) is 14.3. The highest BCUT2D eigenvalue weighted by Crippen LogP contribution is 1.80. The van der Waals surface area contributed by atoms with Crippen LogP contribution in [0.1, 0.15) is 0 Å². The zero-order valence-electron chi connectivity index (χ0n) is 8.92. The standard InChI is InChI=1S/C6H6O3.C4H10O3/c1-3-5(7)9-6(8)4-2;5-1-3-7-4-2-6/h3-4H,1-2H2;5-6H,1-4H2. The molecule has 0 radical (unpaired) electrons. The van der Waals surface area contributed by atoms with E-state index in [2.05, 4.69) is 22.6 Å². The molecule has 92 valence electrons. The van der Waals surface area contributed by atoms with Crippen LogP contribution in [0.2, 0.25) is 0 Å². The molecular weight excluding hydrogens is 216 g/mol. The quantitative estimate of drug-likeness (QED) is 0.275. The molecule has 0 aromatic rings. The Balaban J connectivity index is 0. The van der Waals surface area contributed by atoms with Crippen molar-refractivity contribution in [1.29, 1.82) is 0 Å². The van der Waals surface area contributed by atoms with Crippen LogP contribution in [0.25, 0.3) is 0 Å². The van der Waals surface area contributed by atoms with Gasteiger partial charge in [0.05, 0.1) is 26.4 Å². The zero-order chi connectivity index (χ0) is 12.8. The molecule has 0 amide bonds. The summed E-state index contributed by atoms with van der Waals surface area (Å²) in [7, 11) is 0. The molecule has 0 spiro atoms. The lowest BCUT2D eigenvalue weighted by atomic mass is 10.6. The molecule has 0 aromatic heterocycles. The predicted octanol–water partition coefficient (Wildman–Crippen LogP) is -0.584. The first kappa shape index (κ1) is 16.9. The number of carbonyl (C=O) groups excluding carboxylic acids is 2. The van der Waals surface area contributed by atoms with Gasteiger partial charge in [0.25, 0.3) is 0 Å².